The van der Waals surface area contributed by atoms with Crippen molar-refractivity contribution in [1.82, 2.24) is 5.32 Å². The van der Waals surface area contributed by atoms with Gasteiger partial charge in [-0.25, -0.2) is 0 Å². The molecule has 188 valence electrons. The molecule has 0 saturated heterocycles. The van der Waals surface area contributed by atoms with Crippen molar-refractivity contribution >= 4 is 29.8 Å². The summed E-state index contributed by atoms with van der Waals surface area (Å²) < 4.78 is 32.4. The standard InChI is InChI=1S/C22H23NO12/c1-7(24)32-18-13-11-5-12-17(31-6-30-12)16(28)14(11)22(29)23-15(13)19(33-8(2)25)21(35-10(4)27)20(18)34-9(3)26/h5,13,15,18-21,28H,6H2,1-4H3,(H,23,29)/t13-,15+,18+,19-,20-,21-/m0/s1. The van der Waals surface area contributed by atoms with Gasteiger partial charge in [-0.05, 0) is 11.6 Å². The summed E-state index contributed by atoms with van der Waals surface area (Å²) in [6, 6.07) is 0.325. The van der Waals surface area contributed by atoms with Gasteiger partial charge >= 0.3 is 23.9 Å². The van der Waals surface area contributed by atoms with Crippen molar-refractivity contribution in [1.29, 1.82) is 0 Å². The lowest BCUT2D eigenvalue weighted by Crippen LogP contribution is -2.69. The van der Waals surface area contributed by atoms with E-state index in [2.05, 4.69) is 5.32 Å². The molecule has 35 heavy (non-hydrogen) atoms. The molecule has 0 unspecified atom stereocenters. The number of esters is 4. The van der Waals surface area contributed by atoms with Crippen LogP contribution in [-0.2, 0) is 38.1 Å². The lowest BCUT2D eigenvalue weighted by molar-refractivity contribution is -0.217. The molecule has 6 atom stereocenters. The first-order valence-electron chi connectivity index (χ1n) is 10.6. The van der Waals surface area contributed by atoms with Gasteiger partial charge in [0.2, 0.25) is 12.5 Å². The highest BCUT2D eigenvalue weighted by atomic mass is 16.7. The molecule has 13 heteroatoms. The lowest BCUT2D eigenvalue weighted by Gasteiger charge is -2.50. The zero-order valence-electron chi connectivity index (χ0n) is 19.2. The Morgan fingerprint density at radius 3 is 1.94 bits per heavy atom. The molecule has 1 aliphatic carbocycles. The highest BCUT2D eigenvalue weighted by Gasteiger charge is 2.60. The van der Waals surface area contributed by atoms with Crippen LogP contribution in [0.2, 0.25) is 0 Å². The average Bonchev–Trinajstić information content (AvgIpc) is 3.20. The van der Waals surface area contributed by atoms with Crippen LogP contribution < -0.4 is 14.8 Å². The number of nitrogens with one attached hydrogen (secondary N) is 1. The number of carbonyl (C=O) groups excluding carboxylic acids is 5. The molecular weight excluding hydrogens is 470 g/mol. The maximum Gasteiger partial charge on any atom is 0.303 e. The minimum absolute atomic E-state index is 0.0388. The van der Waals surface area contributed by atoms with Gasteiger partial charge < -0.3 is 38.8 Å². The van der Waals surface area contributed by atoms with Crippen molar-refractivity contribution in [2.45, 2.75) is 64.1 Å². The molecule has 0 spiro atoms. The molecule has 4 rings (SSSR count). The van der Waals surface area contributed by atoms with Gasteiger partial charge in [0, 0.05) is 27.7 Å². The molecule has 3 aliphatic rings. The number of carbonyl (C=O) groups is 5. The van der Waals surface area contributed by atoms with Gasteiger partial charge in [-0.3, -0.25) is 24.0 Å². The van der Waals surface area contributed by atoms with E-state index < -0.39 is 71.9 Å². The van der Waals surface area contributed by atoms with Gasteiger partial charge in [0.15, 0.2) is 35.9 Å². The third-order valence-corrected chi connectivity index (χ3v) is 5.83. The molecule has 13 nitrogen and oxygen atoms in total. The van der Waals surface area contributed by atoms with E-state index >= 15 is 0 Å². The molecule has 2 aliphatic heterocycles. The maximum absolute atomic E-state index is 13.1. The monoisotopic (exact) mass is 493 g/mol. The second kappa shape index (κ2) is 8.96. The van der Waals surface area contributed by atoms with E-state index in [1.165, 1.54) is 6.07 Å². The van der Waals surface area contributed by atoms with Crippen LogP contribution >= 0.6 is 0 Å². The van der Waals surface area contributed by atoms with E-state index in [4.69, 9.17) is 28.4 Å². The van der Waals surface area contributed by atoms with Gasteiger partial charge in [0.25, 0.3) is 5.91 Å². The van der Waals surface area contributed by atoms with Gasteiger partial charge in [0.1, 0.15) is 0 Å². The van der Waals surface area contributed by atoms with Gasteiger partial charge in [-0.2, -0.15) is 0 Å². The molecular formula is C22H23NO12. The SMILES string of the molecule is CC(=O)O[C@@H]1[C@@H](OC(C)=O)[C@H](OC(C)=O)[C@H]2c3cc4c(c(O)c3C(=O)N[C@H]2[C@@H]1OC(C)=O)OCO4. The first-order valence-corrected chi connectivity index (χ1v) is 10.6. The summed E-state index contributed by atoms with van der Waals surface area (Å²) in [4.78, 5) is 61.1. The Morgan fingerprint density at radius 1 is 0.857 bits per heavy atom. The average molecular weight is 493 g/mol. The van der Waals surface area contributed by atoms with Crippen LogP contribution in [0, 0.1) is 0 Å². The van der Waals surface area contributed by atoms with Crippen LogP contribution in [0.15, 0.2) is 6.07 Å². The summed E-state index contributed by atoms with van der Waals surface area (Å²) in [6.07, 6.45) is -5.53. The van der Waals surface area contributed by atoms with Crippen LogP contribution in [0.3, 0.4) is 0 Å². The molecule has 1 amide bonds. The summed E-state index contributed by atoms with van der Waals surface area (Å²) in [5.74, 6) is -5.30. The van der Waals surface area contributed by atoms with E-state index in [-0.39, 0.29) is 29.4 Å². The normalized spacial score (nSPS) is 28.1. The Bertz CT molecular complexity index is 1110. The molecule has 0 aromatic heterocycles. The summed E-state index contributed by atoms with van der Waals surface area (Å²) in [6.45, 7) is 4.23. The van der Waals surface area contributed by atoms with Crippen LogP contribution in [0.1, 0.15) is 49.5 Å². The van der Waals surface area contributed by atoms with Crippen LogP contribution in [0.4, 0.5) is 0 Å². The van der Waals surface area contributed by atoms with Crippen molar-refractivity contribution in [3.05, 3.63) is 17.2 Å². The number of hydrogen-bond acceptors (Lipinski definition) is 12. The molecule has 2 heterocycles. The molecule has 2 N–H and O–H groups in total. The fourth-order valence-corrected chi connectivity index (χ4v) is 4.82. The number of fused-ring (bicyclic) bond motifs is 4. The lowest BCUT2D eigenvalue weighted by atomic mass is 9.69. The Kier molecular flexibility index (Phi) is 6.17. The second-order valence-corrected chi connectivity index (χ2v) is 8.24. The summed E-state index contributed by atoms with van der Waals surface area (Å²) in [5.41, 5.74) is -0.0101. The summed E-state index contributed by atoms with van der Waals surface area (Å²) in [5, 5.41) is 13.4. The highest BCUT2D eigenvalue weighted by molar-refractivity contribution is 6.01. The van der Waals surface area contributed by atoms with Crippen molar-refractivity contribution in [3.63, 3.8) is 0 Å². The number of hydrogen-bond donors (Lipinski definition) is 2. The summed E-state index contributed by atoms with van der Waals surface area (Å²) >= 11 is 0. The predicted octanol–water partition coefficient (Wildman–Crippen LogP) is 0.0569. The Morgan fingerprint density at radius 2 is 1.37 bits per heavy atom. The fraction of sp³-hybridized carbons (Fsp3) is 0.500. The third-order valence-electron chi connectivity index (χ3n) is 5.83. The van der Waals surface area contributed by atoms with Crippen molar-refractivity contribution in [2.24, 2.45) is 0 Å². The first kappa shape index (κ1) is 24.1. The van der Waals surface area contributed by atoms with E-state index in [9.17, 15) is 29.1 Å². The van der Waals surface area contributed by atoms with Crippen LogP contribution in [0.5, 0.6) is 17.2 Å². The van der Waals surface area contributed by atoms with Crippen LogP contribution in [-0.4, -0.2) is 72.1 Å². The smallest absolute Gasteiger partial charge is 0.303 e. The topological polar surface area (TPSA) is 173 Å². The van der Waals surface area contributed by atoms with Crippen molar-refractivity contribution in [2.75, 3.05) is 6.79 Å². The maximum atomic E-state index is 13.1. The third kappa shape index (κ3) is 4.29. The molecule has 1 aromatic carbocycles. The molecule has 1 fully saturated rings. The zero-order chi connectivity index (χ0) is 25.6. The highest BCUT2D eigenvalue weighted by Crippen LogP contribution is 2.51. The number of benzene rings is 1. The number of phenolic OH excluding ortho intramolecular Hbond substituents is 1. The molecule has 1 aromatic rings. The predicted molar refractivity (Wildman–Crippen MR) is 110 cm³/mol. The van der Waals surface area contributed by atoms with E-state index in [1.54, 1.807) is 0 Å². The van der Waals surface area contributed by atoms with Crippen molar-refractivity contribution < 1.29 is 57.5 Å². The van der Waals surface area contributed by atoms with Gasteiger partial charge in [0.05, 0.1) is 17.5 Å². The second-order valence-electron chi connectivity index (χ2n) is 8.24. The van der Waals surface area contributed by atoms with Gasteiger partial charge in [-0.15, -0.1) is 0 Å². The number of aromatic hydroxyl groups is 1. The zero-order valence-corrected chi connectivity index (χ0v) is 19.2. The molecule has 0 bridgehead atoms. The van der Waals surface area contributed by atoms with E-state index in [0.717, 1.165) is 27.7 Å². The van der Waals surface area contributed by atoms with Crippen LogP contribution in [0.25, 0.3) is 0 Å². The minimum atomic E-state index is -1.43. The minimum Gasteiger partial charge on any atom is -0.504 e. The van der Waals surface area contributed by atoms with E-state index in [0.29, 0.717) is 0 Å². The number of amides is 1. The Balaban J connectivity index is 1.95. The van der Waals surface area contributed by atoms with Gasteiger partial charge in [-0.1, -0.05) is 0 Å². The number of phenols is 1. The quantitative estimate of drug-likeness (QED) is 0.427. The first-order chi connectivity index (χ1) is 16.5. The van der Waals surface area contributed by atoms with Crippen molar-refractivity contribution in [3.8, 4) is 17.2 Å². The summed E-state index contributed by atoms with van der Waals surface area (Å²) in [7, 11) is 0. The largest absolute Gasteiger partial charge is 0.504 e. The fourth-order valence-electron chi connectivity index (χ4n) is 4.82. The van der Waals surface area contributed by atoms with E-state index in [1.807, 2.05) is 0 Å². The molecule has 0 radical (unpaired) electrons. The number of ether oxygens (including phenoxy) is 6. The number of rotatable bonds is 4. The molecule has 1 saturated carbocycles. The Labute approximate surface area is 198 Å². The Hall–Kier alpha value is -4.03.